The van der Waals surface area contributed by atoms with Gasteiger partial charge in [0.25, 0.3) is 0 Å². The Labute approximate surface area is 216 Å². The molecule has 2 aliphatic rings. The number of ether oxygens (including phenoxy) is 1. The number of benzene rings is 2. The van der Waals surface area contributed by atoms with Crippen molar-refractivity contribution in [3.8, 4) is 0 Å². The zero-order chi connectivity index (χ0) is 26.8. The first kappa shape index (κ1) is 27.2. The van der Waals surface area contributed by atoms with Gasteiger partial charge in [-0.1, -0.05) is 44.2 Å². The van der Waals surface area contributed by atoms with Crippen LogP contribution in [0.15, 0.2) is 42.5 Å². The number of methoxy groups -OCH3 is 1. The van der Waals surface area contributed by atoms with E-state index in [1.54, 1.807) is 11.0 Å². The molecule has 1 fully saturated rings. The molecule has 0 saturated heterocycles. The highest BCUT2D eigenvalue weighted by atomic mass is 19.4. The van der Waals surface area contributed by atoms with E-state index in [2.05, 4.69) is 19.2 Å². The number of esters is 1. The summed E-state index contributed by atoms with van der Waals surface area (Å²) < 4.78 is 44.5. The number of nitrogens with one attached hydrogen (secondary N) is 1. The largest absolute Gasteiger partial charge is 0.469 e. The second kappa shape index (κ2) is 10.9. The van der Waals surface area contributed by atoms with E-state index in [9.17, 15) is 22.8 Å². The maximum Gasteiger partial charge on any atom is 0.416 e. The fraction of sp³-hybridized carbons (Fsp3) is 0.517. The Hall–Kier alpha value is -2.87. The van der Waals surface area contributed by atoms with Gasteiger partial charge in [0.15, 0.2) is 0 Å². The van der Waals surface area contributed by atoms with Crippen molar-refractivity contribution in [2.75, 3.05) is 13.7 Å². The van der Waals surface area contributed by atoms with Gasteiger partial charge in [-0.3, -0.25) is 9.59 Å². The van der Waals surface area contributed by atoms with Gasteiger partial charge >= 0.3 is 12.1 Å². The first-order chi connectivity index (χ1) is 17.5. The number of hydrogen-bond acceptors (Lipinski definition) is 4. The van der Waals surface area contributed by atoms with Crippen LogP contribution in [0.4, 0.5) is 13.2 Å². The number of amides is 1. The molecule has 1 aliphatic heterocycles. The number of halogens is 3. The summed E-state index contributed by atoms with van der Waals surface area (Å²) >= 11 is 0. The van der Waals surface area contributed by atoms with Crippen LogP contribution in [0.5, 0.6) is 0 Å². The molecule has 1 amide bonds. The first-order valence-electron chi connectivity index (χ1n) is 12.9. The topological polar surface area (TPSA) is 58.6 Å². The van der Waals surface area contributed by atoms with Crippen molar-refractivity contribution in [3.63, 3.8) is 0 Å². The number of alkyl halides is 3. The van der Waals surface area contributed by atoms with Gasteiger partial charge in [-0.25, -0.2) is 0 Å². The molecule has 2 atom stereocenters. The van der Waals surface area contributed by atoms with E-state index in [1.165, 1.54) is 13.2 Å². The molecule has 0 unspecified atom stereocenters. The molecule has 1 saturated carbocycles. The van der Waals surface area contributed by atoms with Gasteiger partial charge < -0.3 is 15.0 Å². The van der Waals surface area contributed by atoms with Gasteiger partial charge in [0.1, 0.15) is 0 Å². The van der Waals surface area contributed by atoms with Crippen molar-refractivity contribution >= 4 is 11.9 Å². The third-order valence-corrected chi connectivity index (χ3v) is 8.08. The van der Waals surface area contributed by atoms with Crippen LogP contribution in [0.2, 0.25) is 0 Å². The average molecular weight is 517 g/mol. The van der Waals surface area contributed by atoms with Crippen LogP contribution in [-0.2, 0) is 46.4 Å². The van der Waals surface area contributed by atoms with Crippen LogP contribution < -0.4 is 5.32 Å². The van der Waals surface area contributed by atoms with Crippen molar-refractivity contribution in [3.05, 3.63) is 70.3 Å². The Morgan fingerprint density at radius 3 is 2.59 bits per heavy atom. The standard InChI is InChI=1S/C29H35F3N2O3/c1-19(2)28(27(36)34-12-10-22-7-8-24(29(30,31)32)15-23(22)18-34)11-9-25(16-28)33-17-21-6-4-5-20(13-21)14-26(35)37-3/h4-8,13,15,19,25,33H,9-12,14,16-18H2,1-3H3/t25-,28+/m1/s1. The van der Waals surface area contributed by atoms with Crippen molar-refractivity contribution < 1.29 is 27.5 Å². The average Bonchev–Trinajstić information content (AvgIpc) is 3.32. The molecular formula is C29H35F3N2O3. The number of nitrogens with zero attached hydrogens (tertiary/aromatic N) is 1. The summed E-state index contributed by atoms with van der Waals surface area (Å²) in [5.74, 6) is -0.121. The van der Waals surface area contributed by atoms with Gasteiger partial charge in [0.2, 0.25) is 5.91 Å². The monoisotopic (exact) mass is 516 g/mol. The summed E-state index contributed by atoms with van der Waals surface area (Å²) in [6.07, 6.45) is -1.32. The molecule has 5 nitrogen and oxygen atoms in total. The van der Waals surface area contributed by atoms with Crippen molar-refractivity contribution in [2.45, 2.75) is 71.3 Å². The van der Waals surface area contributed by atoms with Gasteiger partial charge in [0, 0.05) is 25.7 Å². The highest BCUT2D eigenvalue weighted by Crippen LogP contribution is 2.46. The maximum atomic E-state index is 13.9. The summed E-state index contributed by atoms with van der Waals surface area (Å²) in [5, 5.41) is 3.59. The Bertz CT molecular complexity index is 1150. The molecule has 4 rings (SSSR count). The fourth-order valence-electron chi connectivity index (χ4n) is 5.79. The molecule has 1 heterocycles. The predicted molar refractivity (Wildman–Crippen MR) is 134 cm³/mol. The number of carbonyl (C=O) groups excluding carboxylic acids is 2. The van der Waals surface area contributed by atoms with E-state index in [-0.39, 0.29) is 36.8 Å². The molecule has 1 aliphatic carbocycles. The summed E-state index contributed by atoms with van der Waals surface area (Å²) in [4.78, 5) is 27.2. The van der Waals surface area contributed by atoms with E-state index in [1.807, 2.05) is 24.3 Å². The number of hydrogen-bond donors (Lipinski definition) is 1. The SMILES string of the molecule is COC(=O)Cc1cccc(CN[C@@H]2CC[C@@](C(=O)N3CCc4ccc(C(F)(F)F)cc4C3)(C(C)C)C2)c1. The summed E-state index contributed by atoms with van der Waals surface area (Å²) in [6.45, 7) is 5.50. The highest BCUT2D eigenvalue weighted by Gasteiger charge is 2.49. The zero-order valence-corrected chi connectivity index (χ0v) is 21.7. The Balaban J connectivity index is 1.42. The maximum absolute atomic E-state index is 13.9. The van der Waals surface area contributed by atoms with Crippen LogP contribution >= 0.6 is 0 Å². The van der Waals surface area contributed by atoms with Crippen molar-refractivity contribution in [1.29, 1.82) is 0 Å². The third kappa shape index (κ3) is 6.00. The van der Waals surface area contributed by atoms with Gasteiger partial charge in [0.05, 0.1) is 24.5 Å². The fourth-order valence-corrected chi connectivity index (χ4v) is 5.79. The molecule has 2 aromatic rings. The van der Waals surface area contributed by atoms with Crippen LogP contribution in [-0.4, -0.2) is 36.5 Å². The molecule has 0 aromatic heterocycles. The van der Waals surface area contributed by atoms with Crippen molar-refractivity contribution in [2.24, 2.45) is 11.3 Å². The molecular weight excluding hydrogens is 481 g/mol. The lowest BCUT2D eigenvalue weighted by Crippen LogP contribution is -2.48. The van der Waals surface area contributed by atoms with E-state index < -0.39 is 17.2 Å². The minimum atomic E-state index is -4.40. The van der Waals surface area contributed by atoms with Gasteiger partial charge in [-0.2, -0.15) is 13.2 Å². The molecule has 1 N–H and O–H groups in total. The summed E-state index contributed by atoms with van der Waals surface area (Å²) in [6, 6.07) is 11.8. The molecule has 8 heteroatoms. The summed E-state index contributed by atoms with van der Waals surface area (Å²) in [5.41, 5.74) is 2.22. The van der Waals surface area contributed by atoms with Gasteiger partial charge in [-0.05, 0) is 66.0 Å². The number of carbonyl (C=O) groups is 2. The Kier molecular flexibility index (Phi) is 7.97. The van der Waals surface area contributed by atoms with Crippen LogP contribution in [0, 0.1) is 11.3 Å². The number of rotatable bonds is 7. The van der Waals surface area contributed by atoms with Crippen LogP contribution in [0.25, 0.3) is 0 Å². The van der Waals surface area contributed by atoms with Gasteiger partial charge in [-0.15, -0.1) is 0 Å². The highest BCUT2D eigenvalue weighted by molar-refractivity contribution is 5.84. The smallest absolute Gasteiger partial charge is 0.416 e. The lowest BCUT2D eigenvalue weighted by atomic mass is 9.74. The minimum Gasteiger partial charge on any atom is -0.469 e. The Morgan fingerprint density at radius 2 is 1.89 bits per heavy atom. The van der Waals surface area contributed by atoms with Crippen LogP contribution in [0.3, 0.4) is 0 Å². The molecule has 200 valence electrons. The minimum absolute atomic E-state index is 0.0509. The van der Waals surface area contributed by atoms with Crippen LogP contribution in [0.1, 0.15) is 60.9 Å². The second-order valence-electron chi connectivity index (χ2n) is 10.7. The quantitative estimate of drug-likeness (QED) is 0.508. The van der Waals surface area contributed by atoms with E-state index in [4.69, 9.17) is 4.74 Å². The third-order valence-electron chi connectivity index (χ3n) is 8.08. The molecule has 37 heavy (non-hydrogen) atoms. The van der Waals surface area contributed by atoms with E-state index in [0.717, 1.165) is 35.6 Å². The predicted octanol–water partition coefficient (Wildman–Crippen LogP) is 5.29. The molecule has 2 aromatic carbocycles. The Morgan fingerprint density at radius 1 is 1.14 bits per heavy atom. The lowest BCUT2D eigenvalue weighted by molar-refractivity contribution is -0.146. The lowest BCUT2D eigenvalue weighted by Gasteiger charge is -2.40. The second-order valence-corrected chi connectivity index (χ2v) is 10.7. The van der Waals surface area contributed by atoms with E-state index in [0.29, 0.717) is 31.5 Å². The molecule has 0 spiro atoms. The summed E-state index contributed by atoms with van der Waals surface area (Å²) in [7, 11) is 1.37. The molecule has 0 radical (unpaired) electrons. The normalized spacial score (nSPS) is 21.7. The van der Waals surface area contributed by atoms with E-state index >= 15 is 0 Å². The molecule has 0 bridgehead atoms. The first-order valence-corrected chi connectivity index (χ1v) is 12.9. The number of fused-ring (bicyclic) bond motifs is 1. The zero-order valence-electron chi connectivity index (χ0n) is 21.7. The van der Waals surface area contributed by atoms with Crippen molar-refractivity contribution in [1.82, 2.24) is 10.2 Å².